The summed E-state index contributed by atoms with van der Waals surface area (Å²) >= 11 is 0. The molecule has 2 N–H and O–H groups in total. The predicted molar refractivity (Wildman–Crippen MR) is 104 cm³/mol. The smallest absolute Gasteiger partial charge is 0.422 e. The lowest BCUT2D eigenvalue weighted by Crippen LogP contribution is -2.25. The van der Waals surface area contributed by atoms with E-state index >= 15 is 0 Å². The minimum atomic E-state index is -4.45. The van der Waals surface area contributed by atoms with E-state index in [0.29, 0.717) is 11.1 Å². The molecule has 1 aromatic carbocycles. The first-order valence-corrected chi connectivity index (χ1v) is 9.30. The van der Waals surface area contributed by atoms with E-state index in [1.807, 2.05) is 0 Å². The zero-order valence-corrected chi connectivity index (χ0v) is 15.9. The normalized spacial score (nSPS) is 13.8. The number of carbonyl (C=O) groups is 2. The van der Waals surface area contributed by atoms with Crippen LogP contribution in [0.4, 0.5) is 13.2 Å². The molecule has 6 nitrogen and oxygen atoms in total. The average Bonchev–Trinajstić information content (AvgIpc) is 3.53. The Morgan fingerprint density at radius 3 is 2.57 bits per heavy atom. The van der Waals surface area contributed by atoms with E-state index in [2.05, 4.69) is 20.4 Å². The number of halogens is 3. The molecule has 0 aliphatic heterocycles. The number of pyridine rings is 1. The third-order valence-electron chi connectivity index (χ3n) is 4.16. The molecule has 1 aromatic heterocycles. The highest BCUT2D eigenvalue weighted by atomic mass is 19.4. The summed E-state index contributed by atoms with van der Waals surface area (Å²) in [5.41, 5.74) is 1.86. The van der Waals surface area contributed by atoms with Crippen LogP contribution in [0.15, 0.2) is 48.7 Å². The Kier molecular flexibility index (Phi) is 6.71. The Morgan fingerprint density at radius 1 is 1.17 bits per heavy atom. The zero-order chi connectivity index (χ0) is 21.6. The van der Waals surface area contributed by atoms with Crippen LogP contribution in [0, 0.1) is 0 Å². The van der Waals surface area contributed by atoms with Gasteiger partial charge in [-0.2, -0.15) is 13.2 Å². The number of ether oxygens (including phenoxy) is 1. The molecule has 0 unspecified atom stereocenters. The van der Waals surface area contributed by atoms with E-state index in [0.717, 1.165) is 18.4 Å². The minimum Gasteiger partial charge on any atom is -0.468 e. The van der Waals surface area contributed by atoms with Crippen LogP contribution in [0.2, 0.25) is 0 Å². The van der Waals surface area contributed by atoms with Crippen molar-refractivity contribution in [1.82, 2.24) is 15.6 Å². The first-order chi connectivity index (χ1) is 14.3. The summed E-state index contributed by atoms with van der Waals surface area (Å²) in [4.78, 5) is 27.6. The maximum Gasteiger partial charge on any atom is 0.422 e. The summed E-state index contributed by atoms with van der Waals surface area (Å²) in [6.45, 7) is -1.33. The zero-order valence-electron chi connectivity index (χ0n) is 15.9. The second-order valence-electron chi connectivity index (χ2n) is 6.83. The molecule has 1 heterocycles. The van der Waals surface area contributed by atoms with E-state index in [1.54, 1.807) is 36.4 Å². The Balaban J connectivity index is 1.47. The molecule has 1 aliphatic rings. The minimum absolute atomic E-state index is 0.106. The van der Waals surface area contributed by atoms with Crippen molar-refractivity contribution in [3.63, 3.8) is 0 Å². The lowest BCUT2D eigenvalue weighted by molar-refractivity contribution is -0.154. The molecule has 1 saturated carbocycles. The van der Waals surface area contributed by atoms with Crippen LogP contribution in [0.25, 0.3) is 6.08 Å². The fourth-order valence-corrected chi connectivity index (χ4v) is 2.46. The molecule has 1 aliphatic carbocycles. The first-order valence-electron chi connectivity index (χ1n) is 9.30. The molecule has 30 heavy (non-hydrogen) atoms. The molecule has 0 bridgehead atoms. The van der Waals surface area contributed by atoms with Gasteiger partial charge in [-0.25, -0.2) is 4.98 Å². The van der Waals surface area contributed by atoms with E-state index < -0.39 is 12.8 Å². The molecule has 2 amide bonds. The van der Waals surface area contributed by atoms with Gasteiger partial charge in [-0.1, -0.05) is 12.1 Å². The summed E-state index contributed by atoms with van der Waals surface area (Å²) in [6, 6.07) is 10.0. The summed E-state index contributed by atoms with van der Waals surface area (Å²) in [5, 5.41) is 5.53. The highest BCUT2D eigenvalue weighted by molar-refractivity contribution is 5.95. The van der Waals surface area contributed by atoms with Crippen molar-refractivity contribution in [3.8, 4) is 5.88 Å². The van der Waals surface area contributed by atoms with Gasteiger partial charge in [0, 0.05) is 36.5 Å². The van der Waals surface area contributed by atoms with Gasteiger partial charge in [0.15, 0.2) is 6.61 Å². The Morgan fingerprint density at radius 2 is 1.90 bits per heavy atom. The van der Waals surface area contributed by atoms with Crippen molar-refractivity contribution < 1.29 is 27.5 Å². The molecule has 0 atom stereocenters. The fraction of sp³-hybridized carbons (Fsp3) is 0.286. The van der Waals surface area contributed by atoms with Gasteiger partial charge in [-0.05, 0) is 48.2 Å². The summed E-state index contributed by atoms with van der Waals surface area (Å²) in [7, 11) is 0. The SMILES string of the molecule is O=C(/C=C/c1ccc(C(=O)NC2CC2)cc1)NCc1ccnc(OCC(F)(F)F)c1. The Labute approximate surface area is 171 Å². The van der Waals surface area contributed by atoms with Crippen molar-refractivity contribution in [2.24, 2.45) is 0 Å². The molecule has 2 aromatic rings. The second kappa shape index (κ2) is 9.43. The average molecular weight is 419 g/mol. The fourth-order valence-electron chi connectivity index (χ4n) is 2.46. The molecule has 0 saturated heterocycles. The standard InChI is InChI=1S/C21H20F3N3O3/c22-21(23,24)13-30-19-11-15(9-10-25-19)12-26-18(28)8-3-14-1-4-16(5-2-14)20(29)27-17-6-7-17/h1-5,8-11,17H,6-7,12-13H2,(H,26,28)(H,27,29)/b8-3+. The van der Waals surface area contributed by atoms with Gasteiger partial charge in [-0.3, -0.25) is 9.59 Å². The molecular weight excluding hydrogens is 399 g/mol. The van der Waals surface area contributed by atoms with E-state index in [-0.39, 0.29) is 30.3 Å². The van der Waals surface area contributed by atoms with E-state index in [9.17, 15) is 22.8 Å². The number of nitrogens with zero attached hydrogens (tertiary/aromatic N) is 1. The highest BCUT2D eigenvalue weighted by Crippen LogP contribution is 2.19. The molecule has 158 valence electrons. The second-order valence-corrected chi connectivity index (χ2v) is 6.83. The van der Waals surface area contributed by atoms with Crippen molar-refractivity contribution in [2.75, 3.05) is 6.61 Å². The van der Waals surface area contributed by atoms with Crippen LogP contribution in [-0.2, 0) is 11.3 Å². The molecule has 0 spiro atoms. The number of rotatable bonds is 8. The number of hydrogen-bond acceptors (Lipinski definition) is 4. The van der Waals surface area contributed by atoms with Crippen molar-refractivity contribution >= 4 is 17.9 Å². The van der Waals surface area contributed by atoms with Crippen molar-refractivity contribution in [3.05, 3.63) is 65.4 Å². The number of amides is 2. The van der Waals surface area contributed by atoms with Crippen LogP contribution in [-0.4, -0.2) is 35.6 Å². The molecular formula is C21H20F3N3O3. The topological polar surface area (TPSA) is 80.3 Å². The van der Waals surface area contributed by atoms with Crippen molar-refractivity contribution in [2.45, 2.75) is 31.6 Å². The molecule has 9 heteroatoms. The molecule has 1 fully saturated rings. The van der Waals surface area contributed by atoms with Gasteiger partial charge < -0.3 is 15.4 Å². The largest absolute Gasteiger partial charge is 0.468 e. The number of hydrogen-bond donors (Lipinski definition) is 2. The van der Waals surface area contributed by atoms with Gasteiger partial charge in [0.2, 0.25) is 11.8 Å². The van der Waals surface area contributed by atoms with E-state index in [1.165, 1.54) is 18.3 Å². The summed E-state index contributed by atoms with van der Waals surface area (Å²) < 4.78 is 41.2. The van der Waals surface area contributed by atoms with Crippen LogP contribution in [0.5, 0.6) is 5.88 Å². The number of nitrogens with one attached hydrogen (secondary N) is 2. The van der Waals surface area contributed by atoms with E-state index in [4.69, 9.17) is 0 Å². The first kappa shape index (κ1) is 21.4. The third kappa shape index (κ3) is 7.23. The third-order valence-corrected chi connectivity index (χ3v) is 4.16. The van der Waals surface area contributed by atoms with Gasteiger partial charge in [0.25, 0.3) is 5.91 Å². The number of aromatic nitrogens is 1. The van der Waals surface area contributed by atoms with Crippen molar-refractivity contribution in [1.29, 1.82) is 0 Å². The number of benzene rings is 1. The van der Waals surface area contributed by atoms with Gasteiger partial charge in [0.1, 0.15) is 0 Å². The number of alkyl halides is 3. The van der Waals surface area contributed by atoms with Gasteiger partial charge in [-0.15, -0.1) is 0 Å². The van der Waals surface area contributed by atoms with Crippen LogP contribution >= 0.6 is 0 Å². The lowest BCUT2D eigenvalue weighted by atomic mass is 10.1. The monoisotopic (exact) mass is 419 g/mol. The predicted octanol–water partition coefficient (Wildman–Crippen LogP) is 3.24. The maximum atomic E-state index is 12.2. The highest BCUT2D eigenvalue weighted by Gasteiger charge is 2.28. The molecule has 0 radical (unpaired) electrons. The Hall–Kier alpha value is -3.36. The summed E-state index contributed by atoms with van der Waals surface area (Å²) in [5.74, 6) is -0.651. The Bertz CT molecular complexity index is 923. The lowest BCUT2D eigenvalue weighted by Gasteiger charge is -2.09. The number of carbonyl (C=O) groups excluding carboxylic acids is 2. The van der Waals surface area contributed by atoms with Crippen LogP contribution < -0.4 is 15.4 Å². The van der Waals surface area contributed by atoms with Gasteiger partial charge >= 0.3 is 6.18 Å². The summed E-state index contributed by atoms with van der Waals surface area (Å²) in [6.07, 6.45) is 1.83. The van der Waals surface area contributed by atoms with Gasteiger partial charge in [0.05, 0.1) is 0 Å². The van der Waals surface area contributed by atoms with Crippen LogP contribution in [0.3, 0.4) is 0 Å². The molecule has 3 rings (SSSR count). The van der Waals surface area contributed by atoms with Crippen LogP contribution in [0.1, 0.15) is 34.3 Å². The maximum absolute atomic E-state index is 12.2. The quantitative estimate of drug-likeness (QED) is 0.644.